The third kappa shape index (κ3) is 1.42. The summed E-state index contributed by atoms with van der Waals surface area (Å²) in [7, 11) is 0. The fourth-order valence-corrected chi connectivity index (χ4v) is 1.20. The number of nitrogens with one attached hydrogen (secondary N) is 1. The molecule has 0 bridgehead atoms. The van der Waals surface area contributed by atoms with Crippen LogP contribution in [0.3, 0.4) is 0 Å². The van der Waals surface area contributed by atoms with Gasteiger partial charge in [0.15, 0.2) is 0 Å². The molecule has 0 amide bonds. The molecule has 0 saturated carbocycles. The standard InChI is InChI=1S/C10H8FN3/c11-10-6-9(3-2-8(10)7-12)14-5-1-4-13-14/h1-7,12H. The van der Waals surface area contributed by atoms with E-state index in [0.717, 1.165) is 6.21 Å². The molecule has 0 radical (unpaired) electrons. The van der Waals surface area contributed by atoms with E-state index in [4.69, 9.17) is 5.41 Å². The molecule has 0 aliphatic carbocycles. The molecule has 2 aromatic rings. The van der Waals surface area contributed by atoms with Crippen LogP contribution in [0.1, 0.15) is 5.56 Å². The zero-order valence-electron chi connectivity index (χ0n) is 7.31. The van der Waals surface area contributed by atoms with Crippen LogP contribution < -0.4 is 0 Å². The summed E-state index contributed by atoms with van der Waals surface area (Å²) in [6, 6.07) is 6.39. The minimum absolute atomic E-state index is 0.279. The second kappa shape index (κ2) is 3.41. The molecule has 1 aromatic heterocycles. The van der Waals surface area contributed by atoms with Crippen LogP contribution >= 0.6 is 0 Å². The first-order valence-corrected chi connectivity index (χ1v) is 4.11. The van der Waals surface area contributed by atoms with Gasteiger partial charge in [-0.05, 0) is 18.2 Å². The summed E-state index contributed by atoms with van der Waals surface area (Å²) in [6.45, 7) is 0. The minimum atomic E-state index is -0.409. The van der Waals surface area contributed by atoms with Crippen molar-refractivity contribution in [1.29, 1.82) is 5.41 Å². The second-order valence-electron chi connectivity index (χ2n) is 2.80. The predicted octanol–water partition coefficient (Wildman–Crippen LogP) is 2.01. The molecule has 0 atom stereocenters. The van der Waals surface area contributed by atoms with Crippen molar-refractivity contribution in [1.82, 2.24) is 9.78 Å². The lowest BCUT2D eigenvalue weighted by Gasteiger charge is -2.02. The smallest absolute Gasteiger partial charge is 0.134 e. The molecule has 0 spiro atoms. The van der Waals surface area contributed by atoms with Crippen molar-refractivity contribution in [3.63, 3.8) is 0 Å². The van der Waals surface area contributed by atoms with Gasteiger partial charge in [-0.2, -0.15) is 5.10 Å². The minimum Gasteiger partial charge on any atom is -0.308 e. The van der Waals surface area contributed by atoms with Crippen molar-refractivity contribution >= 4 is 6.21 Å². The summed E-state index contributed by atoms with van der Waals surface area (Å²) in [5.74, 6) is -0.409. The Morgan fingerprint density at radius 1 is 1.43 bits per heavy atom. The molecular formula is C10H8FN3. The Kier molecular flexibility index (Phi) is 2.10. The lowest BCUT2D eigenvalue weighted by molar-refractivity contribution is 0.623. The van der Waals surface area contributed by atoms with Crippen molar-refractivity contribution in [2.75, 3.05) is 0 Å². The van der Waals surface area contributed by atoms with Gasteiger partial charge < -0.3 is 5.41 Å². The Morgan fingerprint density at radius 2 is 2.29 bits per heavy atom. The molecule has 0 saturated heterocycles. The molecule has 14 heavy (non-hydrogen) atoms. The van der Waals surface area contributed by atoms with Gasteiger partial charge in [0.25, 0.3) is 0 Å². The summed E-state index contributed by atoms with van der Waals surface area (Å²) >= 11 is 0. The highest BCUT2D eigenvalue weighted by molar-refractivity contribution is 5.77. The van der Waals surface area contributed by atoms with E-state index < -0.39 is 5.82 Å². The first-order valence-electron chi connectivity index (χ1n) is 4.11. The number of rotatable bonds is 2. The highest BCUT2D eigenvalue weighted by Gasteiger charge is 2.02. The third-order valence-electron chi connectivity index (χ3n) is 1.91. The highest BCUT2D eigenvalue weighted by Crippen LogP contribution is 2.11. The van der Waals surface area contributed by atoms with Crippen LogP contribution in [0.2, 0.25) is 0 Å². The van der Waals surface area contributed by atoms with Crippen LogP contribution in [0, 0.1) is 11.2 Å². The second-order valence-corrected chi connectivity index (χ2v) is 2.80. The van der Waals surface area contributed by atoms with E-state index in [1.165, 1.54) is 6.07 Å². The molecule has 70 valence electrons. The molecule has 2 rings (SSSR count). The summed E-state index contributed by atoms with van der Waals surface area (Å²) in [5.41, 5.74) is 0.930. The molecule has 0 aliphatic rings. The molecule has 0 aliphatic heterocycles. The molecule has 0 unspecified atom stereocenters. The number of hydrogen-bond acceptors (Lipinski definition) is 2. The maximum atomic E-state index is 13.2. The highest BCUT2D eigenvalue weighted by atomic mass is 19.1. The fourth-order valence-electron chi connectivity index (χ4n) is 1.20. The van der Waals surface area contributed by atoms with Crippen molar-refractivity contribution in [2.45, 2.75) is 0 Å². The molecule has 3 nitrogen and oxygen atoms in total. The number of benzene rings is 1. The Labute approximate surface area is 80.3 Å². The van der Waals surface area contributed by atoms with Crippen LogP contribution in [-0.2, 0) is 0 Å². The van der Waals surface area contributed by atoms with E-state index in [0.29, 0.717) is 5.69 Å². The number of nitrogens with zero attached hydrogens (tertiary/aromatic N) is 2. The van der Waals surface area contributed by atoms with Gasteiger partial charge in [0.1, 0.15) is 5.82 Å². The number of halogens is 1. The predicted molar refractivity (Wildman–Crippen MR) is 51.4 cm³/mol. The Balaban J connectivity index is 2.48. The van der Waals surface area contributed by atoms with Gasteiger partial charge in [-0.15, -0.1) is 0 Å². The summed E-state index contributed by atoms with van der Waals surface area (Å²) in [5, 5.41) is 10.9. The summed E-state index contributed by atoms with van der Waals surface area (Å²) in [6.07, 6.45) is 4.35. The van der Waals surface area contributed by atoms with E-state index in [-0.39, 0.29) is 5.56 Å². The first kappa shape index (κ1) is 8.62. The number of hydrogen-bond donors (Lipinski definition) is 1. The molecule has 4 heteroatoms. The zero-order valence-corrected chi connectivity index (χ0v) is 7.31. The molecular weight excluding hydrogens is 181 g/mol. The van der Waals surface area contributed by atoms with Crippen molar-refractivity contribution in [3.05, 3.63) is 48.0 Å². The van der Waals surface area contributed by atoms with Crippen LogP contribution in [-0.4, -0.2) is 16.0 Å². The van der Waals surface area contributed by atoms with Crippen LogP contribution in [0.4, 0.5) is 4.39 Å². The molecule has 1 aromatic carbocycles. The van der Waals surface area contributed by atoms with Gasteiger partial charge in [0, 0.05) is 30.2 Å². The Morgan fingerprint density at radius 3 is 2.86 bits per heavy atom. The van der Waals surface area contributed by atoms with Gasteiger partial charge >= 0.3 is 0 Å². The molecule has 0 fully saturated rings. The lowest BCUT2D eigenvalue weighted by atomic mass is 10.2. The topological polar surface area (TPSA) is 41.7 Å². The SMILES string of the molecule is N=Cc1ccc(-n2cccn2)cc1F. The maximum absolute atomic E-state index is 13.2. The van der Waals surface area contributed by atoms with Crippen molar-refractivity contribution < 1.29 is 4.39 Å². The van der Waals surface area contributed by atoms with Gasteiger partial charge in [-0.3, -0.25) is 0 Å². The van der Waals surface area contributed by atoms with E-state index in [9.17, 15) is 4.39 Å². The molecule has 1 N–H and O–H groups in total. The van der Waals surface area contributed by atoms with Crippen molar-refractivity contribution in [2.24, 2.45) is 0 Å². The summed E-state index contributed by atoms with van der Waals surface area (Å²) in [4.78, 5) is 0. The van der Waals surface area contributed by atoms with Gasteiger partial charge in [0.2, 0.25) is 0 Å². The van der Waals surface area contributed by atoms with E-state index in [2.05, 4.69) is 5.10 Å². The largest absolute Gasteiger partial charge is 0.308 e. The average molecular weight is 189 g/mol. The van der Waals surface area contributed by atoms with Crippen molar-refractivity contribution in [3.8, 4) is 5.69 Å². The first-order chi connectivity index (χ1) is 6.81. The monoisotopic (exact) mass is 189 g/mol. The third-order valence-corrected chi connectivity index (χ3v) is 1.91. The van der Waals surface area contributed by atoms with Crippen LogP contribution in [0.5, 0.6) is 0 Å². The Bertz CT molecular complexity index is 448. The lowest BCUT2D eigenvalue weighted by Crippen LogP contribution is -1.96. The van der Waals surface area contributed by atoms with E-state index in [1.807, 2.05) is 0 Å². The average Bonchev–Trinajstić information content (AvgIpc) is 2.70. The van der Waals surface area contributed by atoms with Gasteiger partial charge in [0.05, 0.1) is 5.69 Å². The van der Waals surface area contributed by atoms with Crippen LogP contribution in [0.15, 0.2) is 36.7 Å². The van der Waals surface area contributed by atoms with E-state index in [1.54, 1.807) is 35.3 Å². The quantitative estimate of drug-likeness (QED) is 0.721. The molecule has 1 heterocycles. The zero-order chi connectivity index (χ0) is 9.97. The fraction of sp³-hybridized carbons (Fsp3) is 0. The van der Waals surface area contributed by atoms with Gasteiger partial charge in [-0.1, -0.05) is 0 Å². The Hall–Kier alpha value is -1.97. The van der Waals surface area contributed by atoms with Gasteiger partial charge in [-0.25, -0.2) is 9.07 Å². The summed E-state index contributed by atoms with van der Waals surface area (Å²) < 4.78 is 14.8. The number of aromatic nitrogens is 2. The normalized spacial score (nSPS) is 10.1. The van der Waals surface area contributed by atoms with Crippen LogP contribution in [0.25, 0.3) is 5.69 Å². The van der Waals surface area contributed by atoms with E-state index >= 15 is 0 Å². The maximum Gasteiger partial charge on any atom is 0.134 e.